The van der Waals surface area contributed by atoms with Crippen LogP contribution >= 0.6 is 11.3 Å². The number of benzene rings is 1. The highest BCUT2D eigenvalue weighted by Gasteiger charge is 2.34. The highest BCUT2D eigenvalue weighted by molar-refractivity contribution is 7.10. The minimum Gasteiger partial charge on any atom is -0.497 e. The molecule has 0 aliphatic rings. The summed E-state index contributed by atoms with van der Waals surface area (Å²) in [6, 6.07) is 7.90. The standard InChI is InChI=1S/C21H28O3S/c1-5-6-7-8-13-21(22,20-16(2)25-15-19(20)24-4)14-17-9-11-18(23-3)12-10-17/h5,9-12,15,22H,1,6-8,13-14H2,2-4H3. The average Bonchev–Trinajstić information content (AvgIpc) is 3.01. The zero-order valence-electron chi connectivity index (χ0n) is 15.4. The van der Waals surface area contributed by atoms with Crippen LogP contribution in [0, 0.1) is 6.92 Å². The van der Waals surface area contributed by atoms with Crippen molar-refractivity contribution >= 4 is 11.3 Å². The lowest BCUT2D eigenvalue weighted by molar-refractivity contribution is 0.0228. The summed E-state index contributed by atoms with van der Waals surface area (Å²) in [5.41, 5.74) is 1.07. The van der Waals surface area contributed by atoms with Crippen molar-refractivity contribution in [2.24, 2.45) is 0 Å². The number of aliphatic hydroxyl groups is 1. The van der Waals surface area contributed by atoms with Crippen molar-refractivity contribution in [1.82, 2.24) is 0 Å². The number of ether oxygens (including phenoxy) is 2. The van der Waals surface area contributed by atoms with E-state index in [0.29, 0.717) is 12.8 Å². The lowest BCUT2D eigenvalue weighted by atomic mass is 9.82. The number of allylic oxidation sites excluding steroid dienone is 1. The third-order valence-electron chi connectivity index (χ3n) is 4.53. The van der Waals surface area contributed by atoms with Gasteiger partial charge in [0.2, 0.25) is 0 Å². The maximum Gasteiger partial charge on any atom is 0.135 e. The van der Waals surface area contributed by atoms with Gasteiger partial charge in [0.1, 0.15) is 11.5 Å². The summed E-state index contributed by atoms with van der Waals surface area (Å²) >= 11 is 1.62. The molecule has 3 nitrogen and oxygen atoms in total. The van der Waals surface area contributed by atoms with Gasteiger partial charge in [0.15, 0.2) is 0 Å². The second-order valence-corrected chi connectivity index (χ2v) is 7.41. The minimum atomic E-state index is -0.939. The van der Waals surface area contributed by atoms with E-state index in [-0.39, 0.29) is 0 Å². The maximum absolute atomic E-state index is 11.6. The van der Waals surface area contributed by atoms with Crippen molar-refractivity contribution in [2.75, 3.05) is 14.2 Å². The van der Waals surface area contributed by atoms with E-state index in [0.717, 1.165) is 46.8 Å². The molecule has 4 heteroatoms. The van der Waals surface area contributed by atoms with Crippen LogP contribution in [-0.4, -0.2) is 19.3 Å². The Labute approximate surface area is 154 Å². The van der Waals surface area contributed by atoms with Gasteiger partial charge in [-0.05, 0) is 50.3 Å². The van der Waals surface area contributed by atoms with Gasteiger partial charge in [-0.3, -0.25) is 0 Å². The van der Waals surface area contributed by atoms with E-state index in [1.807, 2.05) is 42.6 Å². The van der Waals surface area contributed by atoms with Crippen molar-refractivity contribution in [3.63, 3.8) is 0 Å². The van der Waals surface area contributed by atoms with Crippen LogP contribution in [0.15, 0.2) is 42.3 Å². The largest absolute Gasteiger partial charge is 0.497 e. The van der Waals surface area contributed by atoms with E-state index < -0.39 is 5.60 Å². The van der Waals surface area contributed by atoms with Crippen LogP contribution in [0.4, 0.5) is 0 Å². The number of unbranched alkanes of at least 4 members (excludes halogenated alkanes) is 2. The van der Waals surface area contributed by atoms with Crippen molar-refractivity contribution in [3.05, 3.63) is 58.3 Å². The summed E-state index contributed by atoms with van der Waals surface area (Å²) in [5, 5.41) is 13.6. The summed E-state index contributed by atoms with van der Waals surface area (Å²) in [4.78, 5) is 1.11. The molecule has 1 unspecified atom stereocenters. The van der Waals surface area contributed by atoms with Crippen LogP contribution in [0.3, 0.4) is 0 Å². The van der Waals surface area contributed by atoms with Crippen LogP contribution in [0.5, 0.6) is 11.5 Å². The van der Waals surface area contributed by atoms with Gasteiger partial charge in [0.05, 0.1) is 19.8 Å². The molecule has 0 amide bonds. The lowest BCUT2D eigenvalue weighted by Crippen LogP contribution is -2.29. The molecular weight excluding hydrogens is 332 g/mol. The van der Waals surface area contributed by atoms with Gasteiger partial charge in [-0.15, -0.1) is 17.9 Å². The first-order valence-corrected chi connectivity index (χ1v) is 9.51. The quantitative estimate of drug-likeness (QED) is 0.464. The van der Waals surface area contributed by atoms with E-state index in [1.165, 1.54) is 0 Å². The normalized spacial score (nSPS) is 13.3. The summed E-state index contributed by atoms with van der Waals surface area (Å²) in [7, 11) is 3.32. The first-order valence-electron chi connectivity index (χ1n) is 8.63. The van der Waals surface area contributed by atoms with E-state index >= 15 is 0 Å². The molecule has 1 atom stereocenters. The lowest BCUT2D eigenvalue weighted by Gasteiger charge is -2.30. The molecule has 0 saturated heterocycles. The fourth-order valence-electron chi connectivity index (χ4n) is 3.23. The second kappa shape index (κ2) is 9.07. The predicted molar refractivity (Wildman–Crippen MR) is 105 cm³/mol. The fourth-order valence-corrected chi connectivity index (χ4v) is 4.14. The molecule has 0 fully saturated rings. The molecule has 25 heavy (non-hydrogen) atoms. The number of hydrogen-bond donors (Lipinski definition) is 1. The fraction of sp³-hybridized carbons (Fsp3) is 0.429. The average molecular weight is 361 g/mol. The molecule has 136 valence electrons. The Hall–Kier alpha value is -1.78. The first kappa shape index (κ1) is 19.5. The van der Waals surface area contributed by atoms with Crippen LogP contribution in [-0.2, 0) is 12.0 Å². The molecule has 2 aromatic rings. The van der Waals surface area contributed by atoms with E-state index in [9.17, 15) is 5.11 Å². The summed E-state index contributed by atoms with van der Waals surface area (Å²) in [5.74, 6) is 1.60. The van der Waals surface area contributed by atoms with Gasteiger partial charge in [0.25, 0.3) is 0 Å². The summed E-state index contributed by atoms with van der Waals surface area (Å²) < 4.78 is 10.8. The summed E-state index contributed by atoms with van der Waals surface area (Å²) in [6.45, 7) is 5.82. The third-order valence-corrected chi connectivity index (χ3v) is 5.42. The second-order valence-electron chi connectivity index (χ2n) is 6.33. The Kier molecular flexibility index (Phi) is 7.09. The zero-order valence-corrected chi connectivity index (χ0v) is 16.2. The Morgan fingerprint density at radius 2 is 1.88 bits per heavy atom. The maximum atomic E-state index is 11.6. The van der Waals surface area contributed by atoms with Crippen molar-refractivity contribution in [2.45, 2.75) is 44.6 Å². The van der Waals surface area contributed by atoms with Gasteiger partial charge >= 0.3 is 0 Å². The molecule has 0 spiro atoms. The predicted octanol–water partition coefficient (Wildman–Crippen LogP) is 5.25. The highest BCUT2D eigenvalue weighted by Crippen LogP contribution is 2.42. The number of methoxy groups -OCH3 is 2. The smallest absolute Gasteiger partial charge is 0.135 e. The van der Waals surface area contributed by atoms with E-state index in [4.69, 9.17) is 9.47 Å². The van der Waals surface area contributed by atoms with Crippen molar-refractivity contribution < 1.29 is 14.6 Å². The Morgan fingerprint density at radius 3 is 2.48 bits per heavy atom. The molecule has 0 bridgehead atoms. The zero-order chi connectivity index (χ0) is 18.3. The van der Waals surface area contributed by atoms with Crippen LogP contribution in [0.2, 0.25) is 0 Å². The van der Waals surface area contributed by atoms with Gasteiger partial charge in [-0.1, -0.05) is 18.2 Å². The third kappa shape index (κ3) is 4.86. The molecule has 1 N–H and O–H groups in total. The van der Waals surface area contributed by atoms with Crippen molar-refractivity contribution in [3.8, 4) is 11.5 Å². The number of thiophene rings is 1. The number of hydrogen-bond acceptors (Lipinski definition) is 4. The Morgan fingerprint density at radius 1 is 1.16 bits per heavy atom. The molecular formula is C21H28O3S. The van der Waals surface area contributed by atoms with Gasteiger partial charge in [-0.25, -0.2) is 0 Å². The monoisotopic (exact) mass is 360 g/mol. The Balaban J connectivity index is 2.30. The van der Waals surface area contributed by atoms with Gasteiger partial charge in [0, 0.05) is 22.2 Å². The molecule has 1 aromatic heterocycles. The van der Waals surface area contributed by atoms with Crippen LogP contribution in [0.1, 0.15) is 41.7 Å². The molecule has 1 heterocycles. The number of aryl methyl sites for hydroxylation is 1. The minimum absolute atomic E-state index is 0.555. The SMILES string of the molecule is C=CCCCCC(O)(Cc1ccc(OC)cc1)c1c(OC)csc1C. The molecule has 0 radical (unpaired) electrons. The van der Waals surface area contributed by atoms with Crippen LogP contribution < -0.4 is 9.47 Å². The highest BCUT2D eigenvalue weighted by atomic mass is 32.1. The number of rotatable bonds is 10. The van der Waals surface area contributed by atoms with Crippen LogP contribution in [0.25, 0.3) is 0 Å². The Bertz CT molecular complexity index is 675. The molecule has 0 aliphatic carbocycles. The van der Waals surface area contributed by atoms with E-state index in [1.54, 1.807) is 25.6 Å². The topological polar surface area (TPSA) is 38.7 Å². The molecule has 0 aliphatic heterocycles. The molecule has 0 saturated carbocycles. The van der Waals surface area contributed by atoms with E-state index in [2.05, 4.69) is 6.58 Å². The molecule has 2 rings (SSSR count). The van der Waals surface area contributed by atoms with Gasteiger partial charge < -0.3 is 14.6 Å². The summed E-state index contributed by atoms with van der Waals surface area (Å²) in [6.07, 6.45) is 6.12. The van der Waals surface area contributed by atoms with Crippen molar-refractivity contribution in [1.29, 1.82) is 0 Å². The van der Waals surface area contributed by atoms with Gasteiger partial charge in [-0.2, -0.15) is 0 Å². The first-order chi connectivity index (χ1) is 12.0. The molecule has 1 aromatic carbocycles.